The van der Waals surface area contributed by atoms with Crippen molar-refractivity contribution in [3.8, 4) is 12.3 Å². The molecule has 1 aliphatic rings. The lowest BCUT2D eigenvalue weighted by molar-refractivity contribution is 0.175. The van der Waals surface area contributed by atoms with Gasteiger partial charge in [0.15, 0.2) is 0 Å². The summed E-state index contributed by atoms with van der Waals surface area (Å²) >= 11 is 1.87. The number of aliphatic hydroxyl groups excluding tert-OH is 1. The molecule has 2 heteroatoms. The van der Waals surface area contributed by atoms with Crippen LogP contribution in [0.1, 0.15) is 6.42 Å². The van der Waals surface area contributed by atoms with Gasteiger partial charge in [0.05, 0.1) is 0 Å². The minimum absolute atomic E-state index is 0.361. The third kappa shape index (κ3) is 1.64. The van der Waals surface area contributed by atoms with Gasteiger partial charge in [-0.3, -0.25) is 0 Å². The Labute approximate surface area is 59.8 Å². The molecule has 0 amide bonds. The zero-order valence-electron chi connectivity index (χ0n) is 5.21. The topological polar surface area (TPSA) is 20.2 Å². The Morgan fingerprint density at radius 3 is 3.00 bits per heavy atom. The molecule has 0 aromatic carbocycles. The van der Waals surface area contributed by atoms with Crippen LogP contribution in [0, 0.1) is 18.3 Å². The highest BCUT2D eigenvalue weighted by molar-refractivity contribution is 7.99. The van der Waals surface area contributed by atoms with Crippen LogP contribution < -0.4 is 0 Å². The highest BCUT2D eigenvalue weighted by atomic mass is 32.2. The van der Waals surface area contributed by atoms with Gasteiger partial charge in [0.25, 0.3) is 0 Å². The van der Waals surface area contributed by atoms with Gasteiger partial charge in [-0.1, -0.05) is 5.92 Å². The first-order chi connectivity index (χ1) is 4.34. The molecule has 9 heavy (non-hydrogen) atoms. The van der Waals surface area contributed by atoms with Crippen molar-refractivity contribution in [2.75, 3.05) is 11.5 Å². The van der Waals surface area contributed by atoms with Crippen LogP contribution >= 0.6 is 11.8 Å². The first-order valence-electron chi connectivity index (χ1n) is 3.06. The lowest BCUT2D eigenvalue weighted by Crippen LogP contribution is -2.17. The normalized spacial score (nSPS) is 29.6. The predicted octanol–water partition coefficient (Wildman–Crippen LogP) is 0.734. The fourth-order valence-corrected chi connectivity index (χ4v) is 2.23. The number of aliphatic hydroxyl groups is 1. The summed E-state index contributed by atoms with van der Waals surface area (Å²) in [5.41, 5.74) is 0. The van der Waals surface area contributed by atoms with Gasteiger partial charge in [-0.15, -0.1) is 6.42 Å². The fourth-order valence-electron chi connectivity index (χ4n) is 0.938. The molecule has 1 fully saturated rings. The third-order valence-corrected chi connectivity index (χ3v) is 2.77. The molecule has 1 rings (SSSR count). The number of terminal acetylenes is 1. The van der Waals surface area contributed by atoms with E-state index in [0.29, 0.717) is 5.92 Å². The van der Waals surface area contributed by atoms with E-state index in [1.165, 1.54) is 0 Å². The average Bonchev–Trinajstić information content (AvgIpc) is 2.37. The van der Waals surface area contributed by atoms with Gasteiger partial charge >= 0.3 is 0 Å². The Hall–Kier alpha value is -0.130. The van der Waals surface area contributed by atoms with Gasteiger partial charge in [-0.05, 0) is 17.9 Å². The summed E-state index contributed by atoms with van der Waals surface area (Å²) in [5.74, 6) is 4.90. The summed E-state index contributed by atoms with van der Waals surface area (Å²) in [6.45, 7) is 0. The van der Waals surface area contributed by atoms with Crippen LogP contribution in [0.5, 0.6) is 0 Å². The van der Waals surface area contributed by atoms with E-state index in [4.69, 9.17) is 11.5 Å². The molecule has 0 spiro atoms. The molecule has 1 nitrogen and oxygen atoms in total. The second kappa shape index (κ2) is 3.14. The molecule has 1 N–H and O–H groups in total. The Morgan fingerprint density at radius 2 is 2.56 bits per heavy atom. The Balaban J connectivity index is 2.34. The number of rotatable bonds is 1. The van der Waals surface area contributed by atoms with Crippen LogP contribution in [0.3, 0.4) is 0 Å². The lowest BCUT2D eigenvalue weighted by atomic mass is 10.0. The SMILES string of the molecule is C#CC(O)C1CCSC1. The Bertz CT molecular complexity index is 121. The van der Waals surface area contributed by atoms with E-state index >= 15 is 0 Å². The molecule has 1 saturated heterocycles. The number of thioether (sulfide) groups is 1. The van der Waals surface area contributed by atoms with Crippen molar-refractivity contribution in [2.45, 2.75) is 12.5 Å². The second-order valence-corrected chi connectivity index (χ2v) is 3.39. The van der Waals surface area contributed by atoms with Gasteiger partial charge in [0.1, 0.15) is 6.10 Å². The maximum Gasteiger partial charge on any atom is 0.118 e. The van der Waals surface area contributed by atoms with Crippen molar-refractivity contribution in [1.29, 1.82) is 0 Å². The van der Waals surface area contributed by atoms with E-state index in [2.05, 4.69) is 5.92 Å². The zero-order chi connectivity index (χ0) is 6.69. The van der Waals surface area contributed by atoms with Crippen molar-refractivity contribution in [3.63, 3.8) is 0 Å². The molecule has 1 heterocycles. The van der Waals surface area contributed by atoms with Crippen molar-refractivity contribution in [3.05, 3.63) is 0 Å². The maximum absolute atomic E-state index is 9.11. The summed E-state index contributed by atoms with van der Waals surface area (Å²) in [6, 6.07) is 0. The molecule has 0 aromatic rings. The van der Waals surface area contributed by atoms with Gasteiger partial charge < -0.3 is 5.11 Å². The van der Waals surface area contributed by atoms with Crippen LogP contribution in [0.15, 0.2) is 0 Å². The average molecular weight is 142 g/mol. The molecule has 0 aromatic heterocycles. The van der Waals surface area contributed by atoms with Crippen LogP contribution in [0.25, 0.3) is 0 Å². The molecule has 0 radical (unpaired) electrons. The van der Waals surface area contributed by atoms with Crippen LogP contribution in [0.4, 0.5) is 0 Å². The molecule has 2 unspecified atom stereocenters. The van der Waals surface area contributed by atoms with E-state index in [1.807, 2.05) is 11.8 Å². The molecular formula is C7H10OS. The van der Waals surface area contributed by atoms with Gasteiger partial charge in [0, 0.05) is 5.92 Å². The van der Waals surface area contributed by atoms with E-state index in [-0.39, 0.29) is 0 Å². The molecule has 0 aliphatic carbocycles. The molecule has 2 atom stereocenters. The highest BCUT2D eigenvalue weighted by Gasteiger charge is 2.21. The number of hydrogen-bond donors (Lipinski definition) is 1. The monoisotopic (exact) mass is 142 g/mol. The standard InChI is InChI=1S/C7H10OS/c1-2-7(8)6-3-4-9-5-6/h1,6-8H,3-5H2. The van der Waals surface area contributed by atoms with E-state index < -0.39 is 6.10 Å². The van der Waals surface area contributed by atoms with E-state index in [9.17, 15) is 0 Å². The summed E-state index contributed by atoms with van der Waals surface area (Å²) in [7, 11) is 0. The lowest BCUT2D eigenvalue weighted by Gasteiger charge is -2.08. The largest absolute Gasteiger partial charge is 0.380 e. The first-order valence-corrected chi connectivity index (χ1v) is 4.22. The molecule has 50 valence electrons. The van der Waals surface area contributed by atoms with Crippen molar-refractivity contribution < 1.29 is 5.11 Å². The quantitative estimate of drug-likeness (QED) is 0.545. The maximum atomic E-state index is 9.11. The van der Waals surface area contributed by atoms with Crippen LogP contribution in [0.2, 0.25) is 0 Å². The minimum atomic E-state index is -0.500. The molecule has 1 aliphatic heterocycles. The zero-order valence-corrected chi connectivity index (χ0v) is 6.03. The molecular weight excluding hydrogens is 132 g/mol. The fraction of sp³-hybridized carbons (Fsp3) is 0.714. The smallest absolute Gasteiger partial charge is 0.118 e. The number of hydrogen-bond acceptors (Lipinski definition) is 2. The van der Waals surface area contributed by atoms with E-state index in [0.717, 1.165) is 17.9 Å². The highest BCUT2D eigenvalue weighted by Crippen LogP contribution is 2.25. The van der Waals surface area contributed by atoms with Crippen LogP contribution in [-0.2, 0) is 0 Å². The predicted molar refractivity (Wildman–Crippen MR) is 40.3 cm³/mol. The summed E-state index contributed by atoms with van der Waals surface area (Å²) in [6.07, 6.45) is 5.62. The van der Waals surface area contributed by atoms with Gasteiger partial charge in [-0.25, -0.2) is 0 Å². The second-order valence-electron chi connectivity index (χ2n) is 2.24. The van der Waals surface area contributed by atoms with Crippen molar-refractivity contribution in [1.82, 2.24) is 0 Å². The third-order valence-electron chi connectivity index (χ3n) is 1.58. The van der Waals surface area contributed by atoms with E-state index in [1.54, 1.807) is 0 Å². The van der Waals surface area contributed by atoms with Gasteiger partial charge in [0.2, 0.25) is 0 Å². The summed E-state index contributed by atoms with van der Waals surface area (Å²) in [5, 5.41) is 9.11. The van der Waals surface area contributed by atoms with Crippen molar-refractivity contribution >= 4 is 11.8 Å². The Kier molecular flexibility index (Phi) is 2.44. The molecule has 0 bridgehead atoms. The minimum Gasteiger partial charge on any atom is -0.380 e. The summed E-state index contributed by atoms with van der Waals surface area (Å²) in [4.78, 5) is 0. The van der Waals surface area contributed by atoms with Crippen molar-refractivity contribution in [2.24, 2.45) is 5.92 Å². The van der Waals surface area contributed by atoms with Crippen LogP contribution in [-0.4, -0.2) is 22.7 Å². The summed E-state index contributed by atoms with van der Waals surface area (Å²) < 4.78 is 0. The van der Waals surface area contributed by atoms with Gasteiger partial charge in [-0.2, -0.15) is 11.8 Å². The molecule has 0 saturated carbocycles. The first kappa shape index (κ1) is 6.98. The Morgan fingerprint density at radius 1 is 1.78 bits per heavy atom.